The number of hydrogen-bond donors (Lipinski definition) is 0. The average molecular weight is 775 g/mol. The van der Waals surface area contributed by atoms with Crippen LogP contribution >= 0.6 is 11.8 Å². The van der Waals surface area contributed by atoms with Crippen molar-refractivity contribution in [3.05, 3.63) is 210 Å². The van der Waals surface area contributed by atoms with Crippen LogP contribution in [0, 0.1) is 17.8 Å². The highest BCUT2D eigenvalue weighted by Gasteiger charge is 2.34. The fourth-order valence-electron chi connectivity index (χ4n) is 6.81. The van der Waals surface area contributed by atoms with E-state index in [1.54, 1.807) is 6.08 Å². The van der Waals surface area contributed by atoms with E-state index in [0.29, 0.717) is 6.61 Å². The van der Waals surface area contributed by atoms with Crippen molar-refractivity contribution in [1.82, 2.24) is 0 Å². The van der Waals surface area contributed by atoms with Gasteiger partial charge in [-0.3, -0.25) is 0 Å². The standard InChI is InChI=1S/C55H66OS/c1-10-16-19-27-46(8)55(43-41-45(7)13-4,50(15-6)31-17-11-2)56-44-25-30-47-29-24-34-52(38-35-47)57-53-39-36-48(37-40-53)28-22-23-42-54(9,49(14-5)26-12-3)51-32-20-18-21-33-51/h10-12,14-21,26-27,29,31-40,45H,2-3,5,8,13,22-25,28,30,42,44H2,1,4,6-7,9H3/b16-10-,27-19-,31-17-,49-26+,50-15+. The van der Waals surface area contributed by atoms with E-state index in [1.165, 1.54) is 32.1 Å². The molecule has 2 heteroatoms. The Labute approximate surface area is 351 Å². The van der Waals surface area contributed by atoms with E-state index < -0.39 is 5.60 Å². The van der Waals surface area contributed by atoms with Crippen molar-refractivity contribution >= 4 is 11.8 Å². The number of thioether (sulfide) groups is 1. The lowest BCUT2D eigenvalue weighted by atomic mass is 9.72. The Morgan fingerprint density at radius 1 is 0.877 bits per heavy atom. The summed E-state index contributed by atoms with van der Waals surface area (Å²) in [5.74, 6) is 7.25. The molecule has 0 aromatic heterocycles. The molecule has 2 aromatic rings. The molecule has 0 N–H and O–H groups in total. The molecular weight excluding hydrogens is 709 g/mol. The van der Waals surface area contributed by atoms with Gasteiger partial charge in [0.1, 0.15) is 0 Å². The van der Waals surface area contributed by atoms with Gasteiger partial charge in [0.05, 0.1) is 0 Å². The first kappa shape index (κ1) is 46.6. The largest absolute Gasteiger partial charge is 0.354 e. The molecule has 0 spiro atoms. The summed E-state index contributed by atoms with van der Waals surface area (Å²) in [5.41, 5.74) is 5.98. The molecule has 0 radical (unpaired) electrons. The lowest BCUT2D eigenvalue weighted by molar-refractivity contribution is 0.0555. The van der Waals surface area contributed by atoms with Gasteiger partial charge in [0.15, 0.2) is 5.60 Å². The zero-order chi connectivity index (χ0) is 41.4. The summed E-state index contributed by atoms with van der Waals surface area (Å²) in [6.07, 6.45) is 39.1. The van der Waals surface area contributed by atoms with Crippen LogP contribution in [0.25, 0.3) is 0 Å². The van der Waals surface area contributed by atoms with Crippen LogP contribution in [0.2, 0.25) is 0 Å². The van der Waals surface area contributed by atoms with E-state index in [4.69, 9.17) is 4.74 Å². The zero-order valence-electron chi connectivity index (χ0n) is 35.4. The predicted molar refractivity (Wildman–Crippen MR) is 253 cm³/mol. The van der Waals surface area contributed by atoms with Gasteiger partial charge in [-0.05, 0) is 105 Å². The molecule has 0 saturated heterocycles. The van der Waals surface area contributed by atoms with Gasteiger partial charge in [-0.25, -0.2) is 0 Å². The predicted octanol–water partition coefficient (Wildman–Crippen LogP) is 15.5. The van der Waals surface area contributed by atoms with Gasteiger partial charge in [-0.2, -0.15) is 0 Å². The molecule has 3 atom stereocenters. The number of rotatable bonds is 23. The summed E-state index contributed by atoms with van der Waals surface area (Å²) in [4.78, 5) is 2.53. The van der Waals surface area contributed by atoms with Gasteiger partial charge in [-0.1, -0.05) is 210 Å². The third-order valence-electron chi connectivity index (χ3n) is 10.5. The minimum absolute atomic E-state index is 0.0908. The number of ether oxygens (including phenoxy) is 1. The molecule has 298 valence electrons. The van der Waals surface area contributed by atoms with E-state index in [0.717, 1.165) is 62.5 Å². The summed E-state index contributed by atoms with van der Waals surface area (Å²) < 4.78 is 6.81. The van der Waals surface area contributed by atoms with Gasteiger partial charge in [0, 0.05) is 27.7 Å². The molecule has 1 aliphatic rings. The van der Waals surface area contributed by atoms with Crippen molar-refractivity contribution in [1.29, 1.82) is 0 Å². The molecule has 0 aliphatic heterocycles. The normalized spacial score (nSPS) is 16.2. The zero-order valence-corrected chi connectivity index (χ0v) is 36.3. The monoisotopic (exact) mass is 774 g/mol. The van der Waals surface area contributed by atoms with Gasteiger partial charge >= 0.3 is 0 Å². The summed E-state index contributed by atoms with van der Waals surface area (Å²) >= 11 is 1.83. The number of benzene rings is 2. The van der Waals surface area contributed by atoms with Crippen LogP contribution in [0.3, 0.4) is 0 Å². The molecule has 57 heavy (non-hydrogen) atoms. The summed E-state index contributed by atoms with van der Waals surface area (Å²) in [6, 6.07) is 19.9. The molecule has 0 fully saturated rings. The number of aryl methyl sites for hydroxylation is 1. The van der Waals surface area contributed by atoms with Crippen molar-refractivity contribution < 1.29 is 4.74 Å². The maximum Gasteiger partial charge on any atom is 0.178 e. The fraction of sp³-hybridized carbons (Fsp3) is 0.309. The minimum atomic E-state index is -0.952. The van der Waals surface area contributed by atoms with Gasteiger partial charge in [-0.15, -0.1) is 0 Å². The third-order valence-corrected chi connectivity index (χ3v) is 11.5. The lowest BCUT2D eigenvalue weighted by Gasteiger charge is -2.32. The lowest BCUT2D eigenvalue weighted by Crippen LogP contribution is -2.35. The van der Waals surface area contributed by atoms with Crippen LogP contribution in [0.1, 0.15) is 90.7 Å². The molecule has 0 amide bonds. The Morgan fingerprint density at radius 2 is 1.65 bits per heavy atom. The average Bonchev–Trinajstić information content (AvgIpc) is 3.47. The van der Waals surface area contributed by atoms with Crippen molar-refractivity contribution in [3.8, 4) is 11.8 Å². The molecule has 0 heterocycles. The highest BCUT2D eigenvalue weighted by atomic mass is 32.2. The maximum atomic E-state index is 6.81. The number of hydrogen-bond acceptors (Lipinski definition) is 2. The SMILES string of the molecule is C=C/C=C\C(=C/C)C(C#CC(C)CC)(OCCCC1=CCC=C(Sc2ccc(CCCCC(C)(/C(C=C)=C/C=C)c3ccccc3)cc2)C=C1)C(=C)/C=C\C=C/C. The first-order valence-corrected chi connectivity index (χ1v) is 21.5. The number of unbranched alkanes of at least 4 members (excludes halogenated alkanes) is 1. The van der Waals surface area contributed by atoms with Gasteiger partial charge < -0.3 is 4.74 Å². The Bertz CT molecular complexity index is 1930. The molecular formula is C55H66OS. The van der Waals surface area contributed by atoms with Crippen LogP contribution in [0.4, 0.5) is 0 Å². The Balaban J connectivity index is 1.59. The van der Waals surface area contributed by atoms with Crippen LogP contribution in [-0.2, 0) is 16.6 Å². The van der Waals surface area contributed by atoms with Crippen molar-refractivity contribution in [2.45, 2.75) is 102 Å². The van der Waals surface area contributed by atoms with Crippen molar-refractivity contribution in [2.75, 3.05) is 6.61 Å². The van der Waals surface area contributed by atoms with Crippen LogP contribution < -0.4 is 0 Å². The van der Waals surface area contributed by atoms with E-state index in [9.17, 15) is 0 Å². The Kier molecular flexibility index (Phi) is 20.8. The highest BCUT2D eigenvalue weighted by Crippen LogP contribution is 2.38. The smallest absolute Gasteiger partial charge is 0.178 e. The highest BCUT2D eigenvalue weighted by molar-refractivity contribution is 8.03. The molecule has 0 bridgehead atoms. The Morgan fingerprint density at radius 3 is 2.32 bits per heavy atom. The van der Waals surface area contributed by atoms with Crippen molar-refractivity contribution in [2.24, 2.45) is 5.92 Å². The topological polar surface area (TPSA) is 9.23 Å². The number of allylic oxidation sites excluding steroid dienone is 15. The van der Waals surface area contributed by atoms with Crippen LogP contribution in [0.5, 0.6) is 0 Å². The first-order chi connectivity index (χ1) is 27.7. The van der Waals surface area contributed by atoms with Crippen LogP contribution in [-0.4, -0.2) is 12.2 Å². The molecule has 1 nitrogen and oxygen atoms in total. The van der Waals surface area contributed by atoms with Gasteiger partial charge in [0.25, 0.3) is 0 Å². The molecule has 0 saturated carbocycles. The van der Waals surface area contributed by atoms with E-state index in [-0.39, 0.29) is 11.3 Å². The molecule has 3 rings (SSSR count). The molecule has 2 aromatic carbocycles. The molecule has 3 unspecified atom stereocenters. The minimum Gasteiger partial charge on any atom is -0.354 e. The second-order valence-electron chi connectivity index (χ2n) is 14.6. The fourth-order valence-corrected chi connectivity index (χ4v) is 7.67. The summed E-state index contributed by atoms with van der Waals surface area (Å²) in [5, 5.41) is 0. The summed E-state index contributed by atoms with van der Waals surface area (Å²) in [6.45, 7) is 27.6. The Hall–Kier alpha value is -4.81. The maximum absolute atomic E-state index is 6.81. The van der Waals surface area contributed by atoms with Crippen LogP contribution in [0.15, 0.2) is 204 Å². The third kappa shape index (κ3) is 14.6. The second-order valence-corrected chi connectivity index (χ2v) is 15.8. The van der Waals surface area contributed by atoms with E-state index in [1.807, 2.05) is 74.2 Å². The quantitative estimate of drug-likeness (QED) is 0.0632. The molecule has 1 aliphatic carbocycles. The summed E-state index contributed by atoms with van der Waals surface area (Å²) in [7, 11) is 0. The van der Waals surface area contributed by atoms with E-state index in [2.05, 4.69) is 150 Å². The second kappa shape index (κ2) is 25.4. The van der Waals surface area contributed by atoms with E-state index >= 15 is 0 Å². The van der Waals surface area contributed by atoms with Gasteiger partial charge in [0.2, 0.25) is 0 Å². The first-order valence-electron chi connectivity index (χ1n) is 20.7. The van der Waals surface area contributed by atoms with Crippen molar-refractivity contribution in [3.63, 3.8) is 0 Å².